The van der Waals surface area contributed by atoms with Crippen molar-refractivity contribution in [2.45, 2.75) is 26.4 Å². The second-order valence-electron chi connectivity index (χ2n) is 4.76. The summed E-state index contributed by atoms with van der Waals surface area (Å²) in [4.78, 5) is 8.50. The van der Waals surface area contributed by atoms with Crippen LogP contribution in [-0.4, -0.2) is 24.6 Å². The minimum Gasteiger partial charge on any atom is -0.478 e. The van der Waals surface area contributed by atoms with Crippen LogP contribution in [0.1, 0.15) is 24.5 Å². The number of pyridine rings is 1. The van der Waals surface area contributed by atoms with Gasteiger partial charge in [0.05, 0.1) is 6.61 Å². The molecule has 5 nitrogen and oxygen atoms in total. The van der Waals surface area contributed by atoms with E-state index in [0.717, 1.165) is 24.5 Å². The van der Waals surface area contributed by atoms with Gasteiger partial charge in [-0.25, -0.2) is 4.98 Å². The molecule has 2 N–H and O–H groups in total. The molecule has 2 heterocycles. The van der Waals surface area contributed by atoms with Crippen LogP contribution < -0.4 is 15.4 Å². The predicted molar refractivity (Wildman–Crippen MR) is 91.4 cm³/mol. The molecule has 2 aromatic heterocycles. The SMILES string of the molecule is CCCOc1ccc(CNC(=NC)NCc2ccsc2)cn1. The van der Waals surface area contributed by atoms with Crippen LogP contribution in [0.25, 0.3) is 0 Å². The molecule has 0 amide bonds. The van der Waals surface area contributed by atoms with E-state index in [2.05, 4.69) is 44.4 Å². The molecule has 6 heteroatoms. The number of hydrogen-bond acceptors (Lipinski definition) is 4. The third-order valence-corrected chi connectivity index (χ3v) is 3.71. The molecular formula is C16H22N4OS. The van der Waals surface area contributed by atoms with Crippen molar-refractivity contribution >= 4 is 17.3 Å². The zero-order valence-electron chi connectivity index (χ0n) is 13.0. The average molecular weight is 318 g/mol. The van der Waals surface area contributed by atoms with Crippen LogP contribution in [0.4, 0.5) is 0 Å². The van der Waals surface area contributed by atoms with E-state index in [1.165, 1.54) is 5.56 Å². The van der Waals surface area contributed by atoms with Gasteiger partial charge >= 0.3 is 0 Å². The molecule has 0 aliphatic carbocycles. The van der Waals surface area contributed by atoms with Gasteiger partial charge in [0.1, 0.15) is 0 Å². The third kappa shape index (κ3) is 5.37. The molecule has 22 heavy (non-hydrogen) atoms. The number of guanidine groups is 1. The lowest BCUT2D eigenvalue weighted by Gasteiger charge is -2.11. The largest absolute Gasteiger partial charge is 0.478 e. The number of rotatable bonds is 7. The van der Waals surface area contributed by atoms with Crippen molar-refractivity contribution in [3.8, 4) is 5.88 Å². The lowest BCUT2D eigenvalue weighted by molar-refractivity contribution is 0.305. The van der Waals surface area contributed by atoms with Gasteiger partial charge in [0.15, 0.2) is 5.96 Å². The maximum atomic E-state index is 5.47. The second kappa shape index (κ2) is 9.04. The quantitative estimate of drug-likeness (QED) is 0.609. The van der Waals surface area contributed by atoms with Crippen molar-refractivity contribution in [2.24, 2.45) is 4.99 Å². The molecule has 0 saturated carbocycles. The summed E-state index contributed by atoms with van der Waals surface area (Å²) in [5.74, 6) is 1.45. The lowest BCUT2D eigenvalue weighted by atomic mass is 10.3. The first-order valence-electron chi connectivity index (χ1n) is 7.35. The summed E-state index contributed by atoms with van der Waals surface area (Å²) in [6.45, 7) is 4.21. The predicted octanol–water partition coefficient (Wildman–Crippen LogP) is 2.80. The fourth-order valence-corrected chi connectivity index (χ4v) is 2.46. The smallest absolute Gasteiger partial charge is 0.213 e. The third-order valence-electron chi connectivity index (χ3n) is 2.98. The Labute approximate surface area is 135 Å². The number of nitrogens with zero attached hydrogens (tertiary/aromatic N) is 2. The molecule has 0 bridgehead atoms. The van der Waals surface area contributed by atoms with Gasteiger partial charge in [-0.05, 0) is 34.4 Å². The normalized spacial score (nSPS) is 11.3. The van der Waals surface area contributed by atoms with Crippen molar-refractivity contribution in [1.29, 1.82) is 0 Å². The van der Waals surface area contributed by atoms with E-state index in [-0.39, 0.29) is 0 Å². The zero-order chi connectivity index (χ0) is 15.6. The van der Waals surface area contributed by atoms with E-state index in [1.54, 1.807) is 18.4 Å². The number of nitrogens with one attached hydrogen (secondary N) is 2. The molecule has 118 valence electrons. The van der Waals surface area contributed by atoms with Gasteiger partial charge in [-0.1, -0.05) is 13.0 Å². The number of hydrogen-bond donors (Lipinski definition) is 2. The minimum atomic E-state index is 0.671. The Kier molecular flexibility index (Phi) is 6.70. The van der Waals surface area contributed by atoms with Crippen LogP contribution in [-0.2, 0) is 13.1 Å². The molecule has 0 fully saturated rings. The van der Waals surface area contributed by atoms with Crippen molar-refractivity contribution in [3.63, 3.8) is 0 Å². The molecule has 0 aliphatic rings. The van der Waals surface area contributed by atoms with Gasteiger partial charge in [-0.3, -0.25) is 4.99 Å². The number of thiophene rings is 1. The highest BCUT2D eigenvalue weighted by Gasteiger charge is 2.01. The Morgan fingerprint density at radius 1 is 1.23 bits per heavy atom. The van der Waals surface area contributed by atoms with Gasteiger partial charge in [-0.2, -0.15) is 11.3 Å². The average Bonchev–Trinajstić information content (AvgIpc) is 3.07. The summed E-state index contributed by atoms with van der Waals surface area (Å²) < 4.78 is 5.47. The van der Waals surface area contributed by atoms with Gasteiger partial charge in [0.2, 0.25) is 5.88 Å². The lowest BCUT2D eigenvalue weighted by Crippen LogP contribution is -2.36. The molecule has 0 aliphatic heterocycles. The van der Waals surface area contributed by atoms with Gasteiger partial charge in [-0.15, -0.1) is 0 Å². The Hall–Kier alpha value is -2.08. The number of aromatic nitrogens is 1. The molecule has 0 aromatic carbocycles. The van der Waals surface area contributed by atoms with E-state index in [9.17, 15) is 0 Å². The molecule has 2 rings (SSSR count). The van der Waals surface area contributed by atoms with E-state index in [4.69, 9.17) is 4.74 Å². The molecule has 0 spiro atoms. The first-order valence-corrected chi connectivity index (χ1v) is 8.29. The number of aliphatic imine (C=N–C) groups is 1. The summed E-state index contributed by atoms with van der Waals surface area (Å²) >= 11 is 1.70. The highest BCUT2D eigenvalue weighted by atomic mass is 32.1. The Bertz CT molecular complexity index is 566. The fraction of sp³-hybridized carbons (Fsp3) is 0.375. The van der Waals surface area contributed by atoms with Crippen molar-refractivity contribution in [1.82, 2.24) is 15.6 Å². The van der Waals surface area contributed by atoms with E-state index in [1.807, 2.05) is 18.3 Å². The molecule has 0 unspecified atom stereocenters. The minimum absolute atomic E-state index is 0.671. The van der Waals surface area contributed by atoms with Crippen LogP contribution in [0, 0.1) is 0 Å². The van der Waals surface area contributed by atoms with Crippen molar-refractivity contribution < 1.29 is 4.74 Å². The van der Waals surface area contributed by atoms with E-state index < -0.39 is 0 Å². The summed E-state index contributed by atoms with van der Waals surface area (Å²) in [5.41, 5.74) is 2.34. The molecule has 0 saturated heterocycles. The maximum Gasteiger partial charge on any atom is 0.213 e. The zero-order valence-corrected chi connectivity index (χ0v) is 13.8. The van der Waals surface area contributed by atoms with Gasteiger partial charge in [0.25, 0.3) is 0 Å². The van der Waals surface area contributed by atoms with Gasteiger partial charge < -0.3 is 15.4 Å². The standard InChI is InChI=1S/C16H22N4OS/c1-3-7-21-15-5-4-13(9-18-15)10-19-16(17-2)20-11-14-6-8-22-12-14/h4-6,8-9,12H,3,7,10-11H2,1-2H3,(H2,17,19,20). The topological polar surface area (TPSA) is 58.5 Å². The molecular weight excluding hydrogens is 296 g/mol. The molecule has 0 atom stereocenters. The summed E-state index contributed by atoms with van der Waals surface area (Å²) in [6.07, 6.45) is 2.81. The monoisotopic (exact) mass is 318 g/mol. The fourth-order valence-electron chi connectivity index (χ4n) is 1.79. The summed E-state index contributed by atoms with van der Waals surface area (Å²) in [7, 11) is 1.77. The highest BCUT2D eigenvalue weighted by molar-refractivity contribution is 7.07. The second-order valence-corrected chi connectivity index (χ2v) is 5.54. The van der Waals surface area contributed by atoms with E-state index in [0.29, 0.717) is 19.0 Å². The van der Waals surface area contributed by atoms with Crippen LogP contribution in [0.15, 0.2) is 40.1 Å². The first-order chi connectivity index (χ1) is 10.8. The summed E-state index contributed by atoms with van der Waals surface area (Å²) in [6, 6.07) is 6.01. The van der Waals surface area contributed by atoms with Gasteiger partial charge in [0, 0.05) is 32.4 Å². The summed E-state index contributed by atoms with van der Waals surface area (Å²) in [5, 5.41) is 10.7. The Balaban J connectivity index is 1.77. The Morgan fingerprint density at radius 2 is 2.05 bits per heavy atom. The number of ether oxygens (including phenoxy) is 1. The molecule has 0 radical (unpaired) electrons. The maximum absolute atomic E-state index is 5.47. The highest BCUT2D eigenvalue weighted by Crippen LogP contribution is 2.08. The van der Waals surface area contributed by atoms with Crippen LogP contribution in [0.5, 0.6) is 5.88 Å². The van der Waals surface area contributed by atoms with Crippen LogP contribution in [0.2, 0.25) is 0 Å². The van der Waals surface area contributed by atoms with Crippen LogP contribution >= 0.6 is 11.3 Å². The van der Waals surface area contributed by atoms with Crippen molar-refractivity contribution in [3.05, 3.63) is 46.3 Å². The van der Waals surface area contributed by atoms with E-state index >= 15 is 0 Å². The van der Waals surface area contributed by atoms with Crippen molar-refractivity contribution in [2.75, 3.05) is 13.7 Å². The first kappa shape index (κ1) is 16.3. The Morgan fingerprint density at radius 3 is 2.64 bits per heavy atom. The van der Waals surface area contributed by atoms with Crippen LogP contribution in [0.3, 0.4) is 0 Å². The molecule has 2 aromatic rings.